The van der Waals surface area contributed by atoms with Crippen LogP contribution in [0.15, 0.2) is 66.0 Å². The van der Waals surface area contributed by atoms with Crippen LogP contribution in [0.25, 0.3) is 11.3 Å². The molecule has 0 aliphatic rings. The molecule has 4 nitrogen and oxygen atoms in total. The van der Waals surface area contributed by atoms with E-state index in [1.165, 1.54) is 7.11 Å². The monoisotopic (exact) mass is 338 g/mol. The van der Waals surface area contributed by atoms with Crippen molar-refractivity contribution in [2.75, 3.05) is 7.11 Å². The molecule has 0 radical (unpaired) electrons. The van der Waals surface area contributed by atoms with Gasteiger partial charge in [0.25, 0.3) is 0 Å². The molecule has 24 heavy (non-hydrogen) atoms. The Morgan fingerprint density at radius 2 is 1.83 bits per heavy atom. The zero-order valence-corrected chi connectivity index (χ0v) is 14.4. The lowest BCUT2D eigenvalue weighted by atomic mass is 10.1. The van der Waals surface area contributed by atoms with E-state index in [4.69, 9.17) is 4.74 Å². The molecular weight excluding hydrogens is 320 g/mol. The van der Waals surface area contributed by atoms with E-state index in [1.54, 1.807) is 23.9 Å². The quantitative estimate of drug-likeness (QED) is 0.517. The van der Waals surface area contributed by atoms with Crippen LogP contribution in [0.2, 0.25) is 0 Å². The van der Waals surface area contributed by atoms with Gasteiger partial charge in [0.05, 0.1) is 24.6 Å². The maximum atomic E-state index is 11.4. The molecule has 0 saturated carbocycles. The van der Waals surface area contributed by atoms with Crippen LogP contribution in [-0.4, -0.2) is 22.6 Å². The lowest BCUT2D eigenvalue weighted by Crippen LogP contribution is -2.00. The Labute approximate surface area is 145 Å². The molecule has 1 aromatic heterocycles. The summed E-state index contributed by atoms with van der Waals surface area (Å²) in [7, 11) is 3.41. The molecule has 0 fully saturated rings. The van der Waals surface area contributed by atoms with E-state index in [1.807, 2.05) is 43.6 Å². The molecule has 5 heteroatoms. The summed E-state index contributed by atoms with van der Waals surface area (Å²) in [6, 6.07) is 17.7. The summed E-state index contributed by atoms with van der Waals surface area (Å²) in [5.41, 5.74) is 3.95. The lowest BCUT2D eigenvalue weighted by Gasteiger charge is -2.06. The fraction of sp³-hybridized carbons (Fsp3) is 0.158. The highest BCUT2D eigenvalue weighted by Gasteiger charge is 2.09. The Morgan fingerprint density at radius 1 is 1.12 bits per heavy atom. The van der Waals surface area contributed by atoms with E-state index in [9.17, 15) is 4.79 Å². The fourth-order valence-electron chi connectivity index (χ4n) is 2.41. The molecule has 0 spiro atoms. The standard InChI is InChI=1S/C19H18N2O2S/c1-21-17(15-6-4-3-5-7-15)12-20-19(21)24-13-14-8-10-16(11-9-14)18(22)23-2/h3-12H,13H2,1-2H3. The molecule has 1 heterocycles. The normalized spacial score (nSPS) is 10.6. The van der Waals surface area contributed by atoms with Crippen LogP contribution in [0.4, 0.5) is 0 Å². The van der Waals surface area contributed by atoms with E-state index >= 15 is 0 Å². The summed E-state index contributed by atoms with van der Waals surface area (Å²) in [4.78, 5) is 16.0. The first-order valence-electron chi connectivity index (χ1n) is 7.56. The molecule has 3 aromatic rings. The zero-order valence-electron chi connectivity index (χ0n) is 13.6. The van der Waals surface area contributed by atoms with E-state index in [0.717, 1.165) is 27.7 Å². The van der Waals surface area contributed by atoms with Crippen LogP contribution in [-0.2, 0) is 17.5 Å². The van der Waals surface area contributed by atoms with Gasteiger partial charge in [-0.2, -0.15) is 0 Å². The third kappa shape index (κ3) is 3.51. The van der Waals surface area contributed by atoms with Crippen LogP contribution in [0.3, 0.4) is 0 Å². The summed E-state index contributed by atoms with van der Waals surface area (Å²) >= 11 is 1.67. The first-order valence-corrected chi connectivity index (χ1v) is 8.55. The number of carbonyl (C=O) groups is 1. The van der Waals surface area contributed by atoms with Crippen LogP contribution in [0.5, 0.6) is 0 Å². The van der Waals surface area contributed by atoms with Crippen molar-refractivity contribution in [2.45, 2.75) is 10.9 Å². The number of benzene rings is 2. The first-order chi connectivity index (χ1) is 11.7. The topological polar surface area (TPSA) is 44.1 Å². The van der Waals surface area contributed by atoms with Crippen molar-refractivity contribution in [3.05, 3.63) is 71.9 Å². The maximum absolute atomic E-state index is 11.4. The third-order valence-corrected chi connectivity index (χ3v) is 4.87. The molecule has 3 rings (SSSR count). The molecule has 2 aromatic carbocycles. The van der Waals surface area contributed by atoms with Crippen molar-refractivity contribution in [1.82, 2.24) is 9.55 Å². The number of ether oxygens (including phenoxy) is 1. The molecule has 0 bridgehead atoms. The highest BCUT2D eigenvalue weighted by molar-refractivity contribution is 7.98. The number of esters is 1. The second-order valence-electron chi connectivity index (χ2n) is 5.33. The third-order valence-electron chi connectivity index (χ3n) is 3.76. The Balaban J connectivity index is 1.69. The molecule has 0 aliphatic carbocycles. The van der Waals surface area contributed by atoms with Gasteiger partial charge in [-0.15, -0.1) is 0 Å². The SMILES string of the molecule is COC(=O)c1ccc(CSc2ncc(-c3ccccc3)n2C)cc1. The van der Waals surface area contributed by atoms with Crippen molar-refractivity contribution >= 4 is 17.7 Å². The number of aromatic nitrogens is 2. The van der Waals surface area contributed by atoms with Gasteiger partial charge in [-0.1, -0.05) is 54.2 Å². The minimum absolute atomic E-state index is 0.314. The molecule has 122 valence electrons. The number of nitrogens with zero attached hydrogens (tertiary/aromatic N) is 2. The second kappa shape index (κ2) is 7.36. The van der Waals surface area contributed by atoms with Crippen LogP contribution in [0, 0.1) is 0 Å². The number of hydrogen-bond acceptors (Lipinski definition) is 4. The Bertz CT molecular complexity index is 826. The molecule has 0 atom stereocenters. The van der Waals surface area contributed by atoms with E-state index in [-0.39, 0.29) is 5.97 Å². The van der Waals surface area contributed by atoms with Crippen LogP contribution < -0.4 is 0 Å². The van der Waals surface area contributed by atoms with E-state index in [2.05, 4.69) is 21.7 Å². The highest BCUT2D eigenvalue weighted by Crippen LogP contribution is 2.27. The Kier molecular flexibility index (Phi) is 5.01. The van der Waals surface area contributed by atoms with Gasteiger partial charge in [-0.3, -0.25) is 0 Å². The summed E-state index contributed by atoms with van der Waals surface area (Å²) in [6.07, 6.45) is 1.90. The summed E-state index contributed by atoms with van der Waals surface area (Å²) in [5, 5.41) is 0.964. The Hall–Kier alpha value is -2.53. The smallest absolute Gasteiger partial charge is 0.337 e. The molecule has 0 saturated heterocycles. The van der Waals surface area contributed by atoms with Gasteiger partial charge in [0.2, 0.25) is 0 Å². The number of imidazole rings is 1. The average molecular weight is 338 g/mol. The number of carbonyl (C=O) groups excluding carboxylic acids is 1. The molecule has 0 amide bonds. The number of hydrogen-bond donors (Lipinski definition) is 0. The molecule has 0 unspecified atom stereocenters. The molecule has 0 N–H and O–H groups in total. The van der Waals surface area contributed by atoms with E-state index in [0.29, 0.717) is 5.56 Å². The predicted octanol–water partition coefficient (Wildman–Crippen LogP) is 4.17. The number of methoxy groups -OCH3 is 1. The van der Waals surface area contributed by atoms with Gasteiger partial charge in [0.15, 0.2) is 5.16 Å². The molecular formula is C19H18N2O2S. The lowest BCUT2D eigenvalue weighted by molar-refractivity contribution is 0.0600. The van der Waals surface area contributed by atoms with Gasteiger partial charge in [-0.25, -0.2) is 9.78 Å². The number of rotatable bonds is 5. The zero-order chi connectivity index (χ0) is 16.9. The van der Waals surface area contributed by atoms with Crippen molar-refractivity contribution in [1.29, 1.82) is 0 Å². The average Bonchev–Trinajstić information content (AvgIpc) is 3.01. The second-order valence-corrected chi connectivity index (χ2v) is 6.27. The molecule has 0 aliphatic heterocycles. The van der Waals surface area contributed by atoms with Gasteiger partial charge in [0, 0.05) is 12.8 Å². The Morgan fingerprint density at radius 3 is 2.50 bits per heavy atom. The van der Waals surface area contributed by atoms with Gasteiger partial charge in [-0.05, 0) is 23.3 Å². The van der Waals surface area contributed by atoms with Crippen molar-refractivity contribution in [3.8, 4) is 11.3 Å². The summed E-state index contributed by atoms with van der Waals surface area (Å²) in [5.74, 6) is 0.478. The first kappa shape index (κ1) is 16.3. The van der Waals surface area contributed by atoms with Crippen LogP contribution >= 0.6 is 11.8 Å². The highest BCUT2D eigenvalue weighted by atomic mass is 32.2. The minimum Gasteiger partial charge on any atom is -0.465 e. The van der Waals surface area contributed by atoms with Crippen LogP contribution in [0.1, 0.15) is 15.9 Å². The maximum Gasteiger partial charge on any atom is 0.337 e. The van der Waals surface area contributed by atoms with Gasteiger partial charge in [0.1, 0.15) is 0 Å². The largest absolute Gasteiger partial charge is 0.465 e. The summed E-state index contributed by atoms with van der Waals surface area (Å²) < 4.78 is 6.81. The van der Waals surface area contributed by atoms with Gasteiger partial charge >= 0.3 is 5.97 Å². The van der Waals surface area contributed by atoms with Crippen molar-refractivity contribution in [2.24, 2.45) is 7.05 Å². The summed E-state index contributed by atoms with van der Waals surface area (Å²) in [6.45, 7) is 0. The van der Waals surface area contributed by atoms with Crippen molar-refractivity contribution in [3.63, 3.8) is 0 Å². The number of thioether (sulfide) groups is 1. The minimum atomic E-state index is -0.314. The van der Waals surface area contributed by atoms with Gasteiger partial charge < -0.3 is 9.30 Å². The van der Waals surface area contributed by atoms with E-state index < -0.39 is 0 Å². The predicted molar refractivity (Wildman–Crippen MR) is 96.0 cm³/mol. The van der Waals surface area contributed by atoms with Crippen molar-refractivity contribution < 1.29 is 9.53 Å². The fourth-order valence-corrected chi connectivity index (χ4v) is 3.31.